The number of rotatable bonds is 5. The van der Waals surface area contributed by atoms with Crippen LogP contribution in [0.25, 0.3) is 0 Å². The summed E-state index contributed by atoms with van der Waals surface area (Å²) < 4.78 is 3.96. The average Bonchev–Trinajstić information content (AvgIpc) is 2.11. The molecule has 0 rings (SSSR count). The van der Waals surface area contributed by atoms with Gasteiger partial charge < -0.3 is 25.2 Å². The average molecular weight is 208 g/mol. The van der Waals surface area contributed by atoms with Crippen molar-refractivity contribution in [2.75, 3.05) is 6.61 Å². The smallest absolute Gasteiger partial charge is 0.348 e. The Balaban J connectivity index is 4.52. The molecular formula is C6H8O8. The Hall–Kier alpha value is -1.67. The molecule has 4 N–H and O–H groups in total. The largest absolute Gasteiger partial charge is 0.479 e. The summed E-state index contributed by atoms with van der Waals surface area (Å²) in [6.45, 7) is -1.10. The molecule has 0 aromatic heterocycles. The molecule has 0 heterocycles. The van der Waals surface area contributed by atoms with Gasteiger partial charge in [-0.05, 0) is 0 Å². The van der Waals surface area contributed by atoms with Gasteiger partial charge in [-0.3, -0.25) is 0 Å². The maximum absolute atomic E-state index is 10.4. The third-order valence-corrected chi connectivity index (χ3v) is 1.17. The molecule has 0 amide bonds. The fourth-order valence-electron chi connectivity index (χ4n) is 0.558. The van der Waals surface area contributed by atoms with Crippen molar-refractivity contribution < 1.29 is 39.5 Å². The standard InChI is InChI=1S/C6H8O8/c7-1-2(8)14-4(6(12)13)3(9)5(10)11/h3-4,7,9H,1H2,(H,10,11)(H,12,13). The zero-order valence-electron chi connectivity index (χ0n) is 6.78. The van der Waals surface area contributed by atoms with Gasteiger partial charge in [0, 0.05) is 0 Å². The Labute approximate surface area is 77.3 Å². The molecule has 8 heteroatoms. The second kappa shape index (κ2) is 5.14. The number of aliphatic hydroxyl groups excluding tert-OH is 2. The van der Waals surface area contributed by atoms with Crippen molar-refractivity contribution in [3.05, 3.63) is 0 Å². The highest BCUT2D eigenvalue weighted by Crippen LogP contribution is 2.01. The molecule has 0 aliphatic rings. The van der Waals surface area contributed by atoms with E-state index in [0.717, 1.165) is 0 Å². The van der Waals surface area contributed by atoms with Crippen LogP contribution >= 0.6 is 0 Å². The van der Waals surface area contributed by atoms with E-state index in [1.807, 2.05) is 0 Å². The lowest BCUT2D eigenvalue weighted by Gasteiger charge is -2.15. The van der Waals surface area contributed by atoms with E-state index in [2.05, 4.69) is 4.74 Å². The zero-order chi connectivity index (χ0) is 11.3. The molecule has 0 fully saturated rings. The molecule has 0 saturated carbocycles. The van der Waals surface area contributed by atoms with Crippen molar-refractivity contribution in [1.82, 2.24) is 0 Å². The summed E-state index contributed by atoms with van der Waals surface area (Å²) in [4.78, 5) is 30.9. The quantitative estimate of drug-likeness (QED) is 0.361. The van der Waals surface area contributed by atoms with Crippen molar-refractivity contribution in [3.8, 4) is 0 Å². The maximum atomic E-state index is 10.4. The van der Waals surface area contributed by atoms with E-state index in [1.165, 1.54) is 0 Å². The number of esters is 1. The molecule has 8 nitrogen and oxygen atoms in total. The monoisotopic (exact) mass is 208 g/mol. The molecule has 0 aliphatic heterocycles. The summed E-state index contributed by atoms with van der Waals surface area (Å²) in [5.41, 5.74) is 0. The highest BCUT2D eigenvalue weighted by Gasteiger charge is 2.35. The highest BCUT2D eigenvalue weighted by molar-refractivity contribution is 5.85. The normalized spacial score (nSPS) is 14.1. The van der Waals surface area contributed by atoms with E-state index >= 15 is 0 Å². The number of carbonyl (C=O) groups excluding carboxylic acids is 1. The maximum Gasteiger partial charge on any atom is 0.348 e. The van der Waals surface area contributed by atoms with E-state index in [4.69, 9.17) is 20.4 Å². The molecule has 14 heavy (non-hydrogen) atoms. The SMILES string of the molecule is O=C(CO)OC(C(=O)O)C(O)C(=O)O. The minimum Gasteiger partial charge on any atom is -0.479 e. The minimum absolute atomic E-state index is 1.10. The number of aliphatic carboxylic acids is 2. The Morgan fingerprint density at radius 2 is 1.64 bits per heavy atom. The summed E-state index contributed by atoms with van der Waals surface area (Å²) in [6.07, 6.45) is -4.60. The number of carboxylic acid groups (broad SMARTS) is 2. The van der Waals surface area contributed by atoms with Crippen LogP contribution in [0.5, 0.6) is 0 Å². The molecule has 0 saturated heterocycles. The third-order valence-electron chi connectivity index (χ3n) is 1.17. The Bertz CT molecular complexity index is 246. The fraction of sp³-hybridized carbons (Fsp3) is 0.500. The van der Waals surface area contributed by atoms with Gasteiger partial charge >= 0.3 is 17.9 Å². The van der Waals surface area contributed by atoms with Crippen molar-refractivity contribution in [1.29, 1.82) is 0 Å². The van der Waals surface area contributed by atoms with E-state index in [9.17, 15) is 14.4 Å². The van der Waals surface area contributed by atoms with Crippen LogP contribution in [0.3, 0.4) is 0 Å². The summed E-state index contributed by atoms with van der Waals surface area (Å²) in [5, 5.41) is 33.5. The minimum atomic E-state index is -2.37. The summed E-state index contributed by atoms with van der Waals surface area (Å²) in [7, 11) is 0. The number of ether oxygens (including phenoxy) is 1. The Morgan fingerprint density at radius 3 is 1.93 bits per heavy atom. The molecular weight excluding hydrogens is 200 g/mol. The second-order valence-corrected chi connectivity index (χ2v) is 2.19. The molecule has 0 aromatic rings. The molecule has 80 valence electrons. The van der Waals surface area contributed by atoms with Crippen molar-refractivity contribution in [2.24, 2.45) is 0 Å². The summed E-state index contributed by atoms with van der Waals surface area (Å²) in [5.74, 6) is -5.00. The number of hydrogen-bond donors (Lipinski definition) is 4. The van der Waals surface area contributed by atoms with E-state index in [-0.39, 0.29) is 0 Å². The molecule has 0 spiro atoms. The number of aliphatic hydroxyl groups is 2. The highest BCUT2D eigenvalue weighted by atomic mass is 16.6. The van der Waals surface area contributed by atoms with Crippen LogP contribution in [-0.2, 0) is 19.1 Å². The predicted molar refractivity (Wildman–Crippen MR) is 38.2 cm³/mol. The van der Waals surface area contributed by atoms with Gasteiger partial charge in [-0.15, -0.1) is 0 Å². The van der Waals surface area contributed by atoms with Gasteiger partial charge in [0.05, 0.1) is 0 Å². The first-order valence-electron chi connectivity index (χ1n) is 3.34. The lowest BCUT2D eigenvalue weighted by Crippen LogP contribution is -2.43. The van der Waals surface area contributed by atoms with Crippen LogP contribution in [0.2, 0.25) is 0 Å². The first-order chi connectivity index (χ1) is 6.40. The topological polar surface area (TPSA) is 141 Å². The first-order valence-corrected chi connectivity index (χ1v) is 3.34. The van der Waals surface area contributed by atoms with Gasteiger partial charge in [0.25, 0.3) is 0 Å². The van der Waals surface area contributed by atoms with Gasteiger partial charge in [0.15, 0.2) is 6.10 Å². The van der Waals surface area contributed by atoms with Crippen molar-refractivity contribution in [3.63, 3.8) is 0 Å². The van der Waals surface area contributed by atoms with Gasteiger partial charge in [-0.2, -0.15) is 0 Å². The fourth-order valence-corrected chi connectivity index (χ4v) is 0.558. The van der Waals surface area contributed by atoms with Crippen LogP contribution in [0.1, 0.15) is 0 Å². The van der Waals surface area contributed by atoms with Gasteiger partial charge in [-0.1, -0.05) is 0 Å². The van der Waals surface area contributed by atoms with E-state index < -0.39 is 36.7 Å². The lowest BCUT2D eigenvalue weighted by atomic mass is 10.2. The second-order valence-electron chi connectivity index (χ2n) is 2.19. The molecule has 0 bridgehead atoms. The first kappa shape index (κ1) is 12.3. The molecule has 0 aromatic carbocycles. The predicted octanol–water partition coefficient (Wildman–Crippen LogP) is -2.58. The third kappa shape index (κ3) is 3.37. The number of carboxylic acids is 2. The lowest BCUT2D eigenvalue weighted by molar-refractivity contribution is -0.179. The molecule has 0 radical (unpaired) electrons. The van der Waals surface area contributed by atoms with Gasteiger partial charge in [0.1, 0.15) is 6.61 Å². The van der Waals surface area contributed by atoms with Crippen LogP contribution in [0.15, 0.2) is 0 Å². The van der Waals surface area contributed by atoms with Gasteiger partial charge in [0.2, 0.25) is 6.10 Å². The molecule has 0 aliphatic carbocycles. The molecule has 2 unspecified atom stereocenters. The van der Waals surface area contributed by atoms with Crippen LogP contribution < -0.4 is 0 Å². The van der Waals surface area contributed by atoms with Gasteiger partial charge in [-0.25, -0.2) is 14.4 Å². The Morgan fingerprint density at radius 1 is 1.14 bits per heavy atom. The van der Waals surface area contributed by atoms with Crippen LogP contribution in [-0.4, -0.2) is 57.1 Å². The summed E-state index contributed by atoms with van der Waals surface area (Å²) >= 11 is 0. The van der Waals surface area contributed by atoms with Crippen molar-refractivity contribution >= 4 is 17.9 Å². The van der Waals surface area contributed by atoms with Crippen molar-refractivity contribution in [2.45, 2.75) is 12.2 Å². The van der Waals surface area contributed by atoms with E-state index in [1.54, 1.807) is 0 Å². The van der Waals surface area contributed by atoms with Crippen LogP contribution in [0.4, 0.5) is 0 Å². The van der Waals surface area contributed by atoms with Crippen LogP contribution in [0, 0.1) is 0 Å². The number of carbonyl (C=O) groups is 3. The van der Waals surface area contributed by atoms with E-state index in [0.29, 0.717) is 0 Å². The number of hydrogen-bond acceptors (Lipinski definition) is 6. The Kier molecular flexibility index (Phi) is 4.53. The summed E-state index contributed by atoms with van der Waals surface area (Å²) in [6, 6.07) is 0. The molecule has 2 atom stereocenters. The zero-order valence-corrected chi connectivity index (χ0v) is 6.78.